The second-order valence-electron chi connectivity index (χ2n) is 4.59. The van der Waals surface area contributed by atoms with Gasteiger partial charge in [-0.2, -0.15) is 52.3 Å². The molecule has 0 aliphatic carbocycles. The van der Waals surface area contributed by atoms with Gasteiger partial charge in [0.25, 0.3) is 0 Å². The zero-order valence-corrected chi connectivity index (χ0v) is 12.1. The Morgan fingerprint density at radius 1 is 0.833 bits per heavy atom. The van der Waals surface area contributed by atoms with Crippen LogP contribution in [0.25, 0.3) is 0 Å². The standard InChI is InChI=1S/C9H9F11O3S/c1-2-3-4(10)5(11,12)6(13,14)7(15,16)8(17,18)9(19,20)24(21,22)23/h4H,2-3H2,1H3,(H,21,22,23). The Hall–Kier alpha value is -0.860. The van der Waals surface area contributed by atoms with E-state index in [1.165, 1.54) is 0 Å². The number of rotatable bonds is 8. The van der Waals surface area contributed by atoms with Crippen molar-refractivity contribution in [1.29, 1.82) is 0 Å². The summed E-state index contributed by atoms with van der Waals surface area (Å²) in [7, 11) is -7.41. The lowest BCUT2D eigenvalue weighted by molar-refractivity contribution is -0.397. The molecule has 0 saturated carbocycles. The molecule has 0 fully saturated rings. The summed E-state index contributed by atoms with van der Waals surface area (Å²) in [6.45, 7) is 0.931. The minimum absolute atomic E-state index is 0.629. The summed E-state index contributed by atoms with van der Waals surface area (Å²) in [4.78, 5) is 0. The molecule has 0 spiro atoms. The van der Waals surface area contributed by atoms with Crippen molar-refractivity contribution in [2.24, 2.45) is 0 Å². The Balaban J connectivity index is 6.30. The number of halogens is 11. The van der Waals surface area contributed by atoms with Crippen LogP contribution in [0, 0.1) is 0 Å². The van der Waals surface area contributed by atoms with Crippen LogP contribution in [-0.4, -0.2) is 48.1 Å². The minimum Gasteiger partial charge on any atom is -0.281 e. The van der Waals surface area contributed by atoms with Gasteiger partial charge in [0.05, 0.1) is 0 Å². The van der Waals surface area contributed by atoms with Gasteiger partial charge < -0.3 is 0 Å². The van der Waals surface area contributed by atoms with Crippen LogP contribution < -0.4 is 0 Å². The van der Waals surface area contributed by atoms with Crippen molar-refractivity contribution in [2.75, 3.05) is 0 Å². The molecule has 1 N–H and O–H groups in total. The van der Waals surface area contributed by atoms with Crippen LogP contribution in [0.15, 0.2) is 0 Å². The van der Waals surface area contributed by atoms with Gasteiger partial charge in [-0.25, -0.2) is 4.39 Å². The zero-order valence-electron chi connectivity index (χ0n) is 11.3. The summed E-state index contributed by atoms with van der Waals surface area (Å²) in [6.07, 6.45) is -6.27. The number of alkyl halides is 11. The van der Waals surface area contributed by atoms with Gasteiger partial charge in [-0.05, 0) is 6.42 Å². The SMILES string of the molecule is CCCC(F)C(F)(F)C(F)(F)C(F)(F)C(F)(F)C(F)(F)S(=O)(=O)O. The molecule has 0 aromatic carbocycles. The highest BCUT2D eigenvalue weighted by atomic mass is 32.2. The van der Waals surface area contributed by atoms with E-state index in [0.717, 1.165) is 6.92 Å². The molecule has 0 bridgehead atoms. The van der Waals surface area contributed by atoms with E-state index >= 15 is 0 Å². The van der Waals surface area contributed by atoms with Crippen LogP contribution in [0.2, 0.25) is 0 Å². The van der Waals surface area contributed by atoms with E-state index in [4.69, 9.17) is 4.55 Å². The first kappa shape index (κ1) is 23.1. The lowest BCUT2D eigenvalue weighted by atomic mass is 9.94. The van der Waals surface area contributed by atoms with Crippen LogP contribution in [0.5, 0.6) is 0 Å². The summed E-state index contributed by atoms with van der Waals surface area (Å²) < 4.78 is 171. The van der Waals surface area contributed by atoms with Crippen LogP contribution in [0.1, 0.15) is 19.8 Å². The Labute approximate surface area is 127 Å². The molecule has 15 heteroatoms. The predicted octanol–water partition coefficient (Wildman–Crippen LogP) is 4.15. The quantitative estimate of drug-likeness (QED) is 0.487. The van der Waals surface area contributed by atoms with Crippen LogP contribution in [0.4, 0.5) is 48.3 Å². The molecule has 0 aromatic rings. The molecule has 0 aromatic heterocycles. The van der Waals surface area contributed by atoms with Gasteiger partial charge in [-0.15, -0.1) is 0 Å². The summed E-state index contributed by atoms with van der Waals surface area (Å²) in [6, 6.07) is 0. The van der Waals surface area contributed by atoms with Gasteiger partial charge in [-0.1, -0.05) is 13.3 Å². The monoisotopic (exact) mass is 406 g/mol. The third-order valence-electron chi connectivity index (χ3n) is 2.83. The maximum absolute atomic E-state index is 13.1. The fourth-order valence-corrected chi connectivity index (χ4v) is 1.83. The molecule has 0 rings (SSSR count). The van der Waals surface area contributed by atoms with E-state index in [1.807, 2.05) is 0 Å². The summed E-state index contributed by atoms with van der Waals surface area (Å²) >= 11 is 0. The molecule has 0 heterocycles. The molecule has 3 nitrogen and oxygen atoms in total. The maximum Gasteiger partial charge on any atom is 0.438 e. The predicted molar refractivity (Wildman–Crippen MR) is 56.1 cm³/mol. The molecule has 24 heavy (non-hydrogen) atoms. The number of hydrogen-bond acceptors (Lipinski definition) is 2. The van der Waals surface area contributed by atoms with Crippen molar-refractivity contribution in [3.8, 4) is 0 Å². The Kier molecular flexibility index (Phi) is 5.92. The molecule has 1 unspecified atom stereocenters. The second kappa shape index (κ2) is 6.14. The largest absolute Gasteiger partial charge is 0.438 e. The minimum atomic E-state index is -7.75. The first-order valence-electron chi connectivity index (χ1n) is 5.73. The van der Waals surface area contributed by atoms with E-state index < -0.39 is 58.1 Å². The van der Waals surface area contributed by atoms with Gasteiger partial charge in [0.2, 0.25) is 0 Å². The van der Waals surface area contributed by atoms with Gasteiger partial charge >= 0.3 is 39.1 Å². The molecule has 0 saturated heterocycles. The van der Waals surface area contributed by atoms with Crippen LogP contribution >= 0.6 is 0 Å². The average molecular weight is 406 g/mol. The molecule has 0 radical (unpaired) electrons. The Bertz CT molecular complexity index is 557. The molecular formula is C9H9F11O3S. The zero-order chi connectivity index (χ0) is 20.0. The van der Waals surface area contributed by atoms with Crippen molar-refractivity contribution < 1.29 is 61.3 Å². The highest BCUT2D eigenvalue weighted by molar-refractivity contribution is 7.87. The van der Waals surface area contributed by atoms with Crippen molar-refractivity contribution in [1.82, 2.24) is 0 Å². The van der Waals surface area contributed by atoms with E-state index in [1.54, 1.807) is 0 Å². The average Bonchev–Trinajstić information content (AvgIpc) is 2.36. The third kappa shape index (κ3) is 3.04. The van der Waals surface area contributed by atoms with Crippen molar-refractivity contribution in [2.45, 2.75) is 54.9 Å². The van der Waals surface area contributed by atoms with Gasteiger partial charge in [-0.3, -0.25) is 4.55 Å². The van der Waals surface area contributed by atoms with Gasteiger partial charge in [0, 0.05) is 0 Å². The lowest BCUT2D eigenvalue weighted by Crippen LogP contribution is -2.70. The van der Waals surface area contributed by atoms with Crippen molar-refractivity contribution in [3.63, 3.8) is 0 Å². The van der Waals surface area contributed by atoms with Crippen molar-refractivity contribution >= 4 is 10.1 Å². The molecular weight excluding hydrogens is 397 g/mol. The van der Waals surface area contributed by atoms with Gasteiger partial charge in [0.1, 0.15) is 0 Å². The Morgan fingerprint density at radius 3 is 1.50 bits per heavy atom. The molecule has 1 atom stereocenters. The fraction of sp³-hybridized carbons (Fsp3) is 1.00. The van der Waals surface area contributed by atoms with E-state index in [-0.39, 0.29) is 0 Å². The molecule has 0 aliphatic rings. The smallest absolute Gasteiger partial charge is 0.281 e. The fourth-order valence-electron chi connectivity index (χ4n) is 1.38. The molecule has 0 aliphatic heterocycles. The highest BCUT2D eigenvalue weighted by Crippen LogP contribution is 2.59. The third-order valence-corrected chi connectivity index (χ3v) is 3.74. The molecule has 0 amide bonds. The highest BCUT2D eigenvalue weighted by Gasteiger charge is 2.89. The first-order chi connectivity index (χ1) is 10.2. The van der Waals surface area contributed by atoms with E-state index in [9.17, 15) is 56.7 Å². The lowest BCUT2D eigenvalue weighted by Gasteiger charge is -2.39. The maximum atomic E-state index is 13.1. The Morgan fingerprint density at radius 2 is 1.21 bits per heavy atom. The topological polar surface area (TPSA) is 54.4 Å². The van der Waals surface area contributed by atoms with Crippen LogP contribution in [-0.2, 0) is 10.1 Å². The molecule has 146 valence electrons. The van der Waals surface area contributed by atoms with E-state index in [2.05, 4.69) is 0 Å². The first-order valence-corrected chi connectivity index (χ1v) is 7.17. The van der Waals surface area contributed by atoms with Crippen molar-refractivity contribution in [3.05, 3.63) is 0 Å². The van der Waals surface area contributed by atoms with Crippen LogP contribution in [0.3, 0.4) is 0 Å². The summed E-state index contributed by atoms with van der Waals surface area (Å²) in [5, 5.41) is -7.26. The van der Waals surface area contributed by atoms with Gasteiger partial charge in [0.15, 0.2) is 6.17 Å². The normalized spacial score (nSPS) is 17.0. The second-order valence-corrected chi connectivity index (χ2v) is 6.06. The summed E-state index contributed by atoms with van der Waals surface area (Å²) in [5.74, 6) is -29.4. The number of hydrogen-bond donors (Lipinski definition) is 1. The summed E-state index contributed by atoms with van der Waals surface area (Å²) in [5.41, 5.74) is 0. The van der Waals surface area contributed by atoms with E-state index in [0.29, 0.717) is 0 Å².